The van der Waals surface area contributed by atoms with E-state index in [1.54, 1.807) is 23.6 Å². The van der Waals surface area contributed by atoms with Gasteiger partial charge in [-0.25, -0.2) is 13.6 Å². The van der Waals surface area contributed by atoms with Crippen molar-refractivity contribution in [3.05, 3.63) is 70.2 Å². The highest BCUT2D eigenvalue weighted by molar-refractivity contribution is 7.17. The zero-order valence-electron chi connectivity index (χ0n) is 15.2. The van der Waals surface area contributed by atoms with Gasteiger partial charge in [0.15, 0.2) is 0 Å². The minimum atomic E-state index is -0.509. The van der Waals surface area contributed by atoms with Gasteiger partial charge in [0.2, 0.25) is 0 Å². The predicted octanol–water partition coefficient (Wildman–Crippen LogP) is 4.82. The molecule has 0 spiro atoms. The Morgan fingerprint density at radius 3 is 2.57 bits per heavy atom. The molecule has 2 N–H and O–H groups in total. The van der Waals surface area contributed by atoms with Gasteiger partial charge >= 0.3 is 5.97 Å². The molecule has 144 valence electrons. The first-order valence-corrected chi connectivity index (χ1v) is 9.75. The first-order valence-electron chi connectivity index (χ1n) is 8.87. The molecule has 4 aromatic rings. The smallest absolute Gasteiger partial charge is 0.355 e. The van der Waals surface area contributed by atoms with E-state index < -0.39 is 11.8 Å². The third-order valence-corrected chi connectivity index (χ3v) is 5.76. The third-order valence-electron chi connectivity index (χ3n) is 4.75. The number of carbonyl (C=O) groups is 1. The number of aromatic nitrogens is 1. The molecule has 28 heavy (non-hydrogen) atoms. The quantitative estimate of drug-likeness (QED) is 0.489. The fourth-order valence-corrected chi connectivity index (χ4v) is 4.48. The van der Waals surface area contributed by atoms with Crippen molar-refractivity contribution >= 4 is 38.3 Å². The topological polar surface area (TPSA) is 57.2 Å². The number of hydrogen-bond donors (Lipinski definition) is 1. The number of benzene rings is 2. The fourth-order valence-electron chi connectivity index (χ4n) is 3.55. The van der Waals surface area contributed by atoms with Gasteiger partial charge in [0.1, 0.15) is 17.3 Å². The fraction of sp³-hybridized carbons (Fsp3) is 0.190. The Morgan fingerprint density at radius 2 is 1.86 bits per heavy atom. The molecule has 0 aliphatic heterocycles. The highest BCUT2D eigenvalue weighted by atomic mass is 32.1. The summed E-state index contributed by atoms with van der Waals surface area (Å²) in [7, 11) is 0. The molecule has 4 nitrogen and oxygen atoms in total. The van der Waals surface area contributed by atoms with Crippen LogP contribution < -0.4 is 5.73 Å². The second kappa shape index (κ2) is 7.33. The number of halogens is 2. The number of ether oxygens (including phenoxy) is 1. The number of nitrogens with zero attached hydrogens (tertiary/aromatic N) is 1. The molecule has 2 aromatic carbocycles. The third kappa shape index (κ3) is 3.06. The van der Waals surface area contributed by atoms with Crippen molar-refractivity contribution in [2.75, 3.05) is 6.61 Å². The van der Waals surface area contributed by atoms with Gasteiger partial charge in [0, 0.05) is 39.6 Å². The number of esters is 1. The summed E-state index contributed by atoms with van der Waals surface area (Å²) in [6.45, 7) is 2.33. The summed E-state index contributed by atoms with van der Waals surface area (Å²) < 4.78 is 35.6. The van der Waals surface area contributed by atoms with Crippen molar-refractivity contribution in [2.45, 2.75) is 20.0 Å². The highest BCUT2D eigenvalue weighted by Crippen LogP contribution is 2.32. The molecule has 0 unspecified atom stereocenters. The van der Waals surface area contributed by atoms with Gasteiger partial charge in [0.05, 0.1) is 6.61 Å². The number of fused-ring (bicyclic) bond motifs is 2. The summed E-state index contributed by atoms with van der Waals surface area (Å²) in [6.07, 6.45) is 0. The molecule has 0 aliphatic rings. The van der Waals surface area contributed by atoms with Crippen LogP contribution in [0.1, 0.15) is 28.5 Å². The zero-order chi connectivity index (χ0) is 19.8. The Kier molecular flexibility index (Phi) is 4.87. The first-order chi connectivity index (χ1) is 13.5. The Morgan fingerprint density at radius 1 is 1.14 bits per heavy atom. The molecule has 4 rings (SSSR count). The van der Waals surface area contributed by atoms with E-state index in [2.05, 4.69) is 0 Å². The van der Waals surface area contributed by atoms with E-state index in [9.17, 15) is 13.6 Å². The van der Waals surface area contributed by atoms with E-state index in [4.69, 9.17) is 10.5 Å². The van der Waals surface area contributed by atoms with Crippen LogP contribution in [0, 0.1) is 11.6 Å². The second-order valence-corrected chi connectivity index (χ2v) is 7.31. The molecule has 0 radical (unpaired) electrons. The van der Waals surface area contributed by atoms with E-state index in [0.717, 1.165) is 15.6 Å². The number of thiophene rings is 1. The molecule has 0 bridgehead atoms. The van der Waals surface area contributed by atoms with Crippen LogP contribution in [-0.2, 0) is 17.8 Å². The maximum Gasteiger partial charge on any atom is 0.355 e. The van der Waals surface area contributed by atoms with E-state index >= 15 is 0 Å². The largest absolute Gasteiger partial charge is 0.461 e. The lowest BCUT2D eigenvalue weighted by atomic mass is 10.1. The molecule has 7 heteroatoms. The van der Waals surface area contributed by atoms with Crippen LogP contribution in [0.3, 0.4) is 0 Å². The molecule has 0 aliphatic carbocycles. The van der Waals surface area contributed by atoms with Gasteiger partial charge in [-0.1, -0.05) is 0 Å². The zero-order valence-corrected chi connectivity index (χ0v) is 16.0. The van der Waals surface area contributed by atoms with Crippen LogP contribution >= 0.6 is 11.3 Å². The van der Waals surface area contributed by atoms with Crippen molar-refractivity contribution in [2.24, 2.45) is 5.73 Å². The van der Waals surface area contributed by atoms with Gasteiger partial charge in [-0.05, 0) is 54.3 Å². The molecule has 2 aromatic heterocycles. The molecular formula is C21H18F2N2O2S. The molecular weight excluding hydrogens is 382 g/mol. The lowest BCUT2D eigenvalue weighted by Crippen LogP contribution is -2.16. The van der Waals surface area contributed by atoms with Gasteiger partial charge in [-0.2, -0.15) is 0 Å². The summed E-state index contributed by atoms with van der Waals surface area (Å²) in [5.41, 5.74) is 8.30. The van der Waals surface area contributed by atoms with Crippen molar-refractivity contribution in [1.29, 1.82) is 0 Å². The first kappa shape index (κ1) is 18.6. The molecule has 0 fully saturated rings. The van der Waals surface area contributed by atoms with Gasteiger partial charge in [-0.3, -0.25) is 0 Å². The second-order valence-electron chi connectivity index (χ2n) is 6.40. The predicted molar refractivity (Wildman–Crippen MR) is 107 cm³/mol. The normalized spacial score (nSPS) is 11.4. The summed E-state index contributed by atoms with van der Waals surface area (Å²) >= 11 is 1.51. The average molecular weight is 400 g/mol. The summed E-state index contributed by atoms with van der Waals surface area (Å²) in [6, 6.07) is 9.00. The van der Waals surface area contributed by atoms with E-state index in [1.165, 1.54) is 35.6 Å². The van der Waals surface area contributed by atoms with E-state index in [-0.39, 0.29) is 19.0 Å². The molecule has 0 amide bonds. The maximum absolute atomic E-state index is 13.9. The lowest BCUT2D eigenvalue weighted by Gasteiger charge is -2.11. The number of rotatable bonds is 5. The van der Waals surface area contributed by atoms with E-state index in [1.807, 2.05) is 5.38 Å². The van der Waals surface area contributed by atoms with Crippen LogP contribution in [0.15, 0.2) is 41.8 Å². The Labute approximate surface area is 164 Å². The molecule has 0 saturated carbocycles. The van der Waals surface area contributed by atoms with Crippen LogP contribution in [0.4, 0.5) is 8.78 Å². The molecule has 2 heterocycles. The lowest BCUT2D eigenvalue weighted by molar-refractivity contribution is 0.0513. The average Bonchev–Trinajstić information content (AvgIpc) is 3.20. The Balaban J connectivity index is 1.95. The number of carbonyl (C=O) groups excluding carboxylic acids is 1. The maximum atomic E-state index is 13.9. The monoisotopic (exact) mass is 400 g/mol. The van der Waals surface area contributed by atoms with Gasteiger partial charge in [0.25, 0.3) is 0 Å². The minimum absolute atomic E-state index is 0.0696. The van der Waals surface area contributed by atoms with Crippen LogP contribution in [0.25, 0.3) is 21.0 Å². The van der Waals surface area contributed by atoms with Gasteiger partial charge in [-0.15, -0.1) is 11.3 Å². The highest BCUT2D eigenvalue weighted by Gasteiger charge is 2.24. The van der Waals surface area contributed by atoms with Gasteiger partial charge < -0.3 is 15.0 Å². The summed E-state index contributed by atoms with van der Waals surface area (Å²) in [4.78, 5) is 12.7. The minimum Gasteiger partial charge on any atom is -0.461 e. The Hall–Kier alpha value is -2.77. The number of nitrogens with two attached hydrogens (primary N) is 1. The van der Waals surface area contributed by atoms with Crippen molar-refractivity contribution in [1.82, 2.24) is 4.57 Å². The molecule has 0 atom stereocenters. The van der Waals surface area contributed by atoms with E-state index in [0.29, 0.717) is 28.7 Å². The van der Waals surface area contributed by atoms with Crippen molar-refractivity contribution in [3.8, 4) is 0 Å². The number of hydrogen-bond acceptors (Lipinski definition) is 4. The Bertz CT molecular complexity index is 1200. The summed E-state index contributed by atoms with van der Waals surface area (Å²) in [5.74, 6) is -1.23. The SMILES string of the molecule is CCOC(=O)c1c(CN)c2cc(F)ccc2n1Cc1csc2ccc(F)cc12. The standard InChI is InChI=1S/C21H18F2N2O2S/c1-2-27-21(26)20-17(9-24)16-8-13(22)3-5-18(16)25(20)10-12-11-28-19-6-4-14(23)7-15(12)19/h3-8,11H,2,9-10,24H2,1H3. The van der Waals surface area contributed by atoms with Crippen molar-refractivity contribution in [3.63, 3.8) is 0 Å². The van der Waals surface area contributed by atoms with Crippen LogP contribution in [-0.4, -0.2) is 17.1 Å². The van der Waals surface area contributed by atoms with Crippen LogP contribution in [0.5, 0.6) is 0 Å². The molecule has 0 saturated heterocycles. The summed E-state index contributed by atoms with van der Waals surface area (Å²) in [5, 5.41) is 3.31. The van der Waals surface area contributed by atoms with Crippen LogP contribution in [0.2, 0.25) is 0 Å². The van der Waals surface area contributed by atoms with Crippen molar-refractivity contribution < 1.29 is 18.3 Å².